The molecule has 0 aromatic carbocycles. The monoisotopic (exact) mass is 141 g/mol. The van der Waals surface area contributed by atoms with Crippen molar-refractivity contribution in [2.75, 3.05) is 0 Å². The second-order valence-corrected chi connectivity index (χ2v) is 2.03. The van der Waals surface area contributed by atoms with Gasteiger partial charge in [-0.25, -0.2) is 0 Å². The van der Waals surface area contributed by atoms with Crippen molar-refractivity contribution in [1.29, 1.82) is 0 Å². The minimum atomic E-state index is -0.0264. The van der Waals surface area contributed by atoms with Gasteiger partial charge < -0.3 is 5.02 Å². The lowest BCUT2D eigenvalue weighted by Gasteiger charge is -1.93. The molecule has 0 bridgehead atoms. The Morgan fingerprint density at radius 3 is 2.89 bits per heavy atom. The normalized spacial score (nSPS) is 9.11. The Labute approximate surface area is 58.8 Å². The molecule has 1 aromatic heterocycles. The zero-order valence-corrected chi connectivity index (χ0v) is 5.47. The first-order chi connectivity index (χ1) is 4.34. The third-order valence-corrected chi connectivity index (χ3v) is 1.37. The minimum absolute atomic E-state index is 0.0264. The average molecular weight is 141 g/mol. The second-order valence-electron chi connectivity index (χ2n) is 1.63. The van der Waals surface area contributed by atoms with Crippen LogP contribution in [0.5, 0.6) is 0 Å². The van der Waals surface area contributed by atoms with E-state index in [9.17, 15) is 0 Å². The van der Waals surface area contributed by atoms with Gasteiger partial charge in [-0.3, -0.25) is 4.98 Å². The summed E-state index contributed by atoms with van der Waals surface area (Å²) in [5.41, 5.74) is 0.715. The highest BCUT2D eigenvalue weighted by atomic mass is 35.5. The van der Waals surface area contributed by atoms with Gasteiger partial charge in [0.2, 0.25) is 0 Å². The zero-order valence-electron chi connectivity index (χ0n) is 4.71. The summed E-state index contributed by atoms with van der Waals surface area (Å²) in [6.45, 7) is 0. The predicted octanol–water partition coefficient (Wildman–Crippen LogP) is -0.296. The topological polar surface area (TPSA) is 33.1 Å². The first kappa shape index (κ1) is 6.58. The molecule has 4 heteroatoms. The molecule has 0 aliphatic carbocycles. The maximum absolute atomic E-state index is 8.61. The molecular weight excluding hydrogens is 136 g/mol. The summed E-state index contributed by atoms with van der Waals surface area (Å²) in [5, 5.41) is 9.12. The molecule has 0 saturated heterocycles. The van der Waals surface area contributed by atoms with Crippen molar-refractivity contribution in [2.45, 2.75) is 0 Å². The molecule has 1 heterocycles. The Bertz CT molecular complexity index is 206. The van der Waals surface area contributed by atoms with Crippen molar-refractivity contribution in [3.63, 3.8) is 0 Å². The highest BCUT2D eigenvalue weighted by Gasteiger charge is 1.96. The van der Waals surface area contributed by atoms with Crippen molar-refractivity contribution in [3.8, 4) is 0 Å². The number of aromatic nitrogens is 1. The minimum Gasteiger partial charge on any atom is -0.449 e. The van der Waals surface area contributed by atoms with Gasteiger partial charge in [0.1, 0.15) is 0 Å². The van der Waals surface area contributed by atoms with E-state index in [2.05, 4.69) is 4.98 Å². The molecule has 0 amide bonds. The fourth-order valence-corrected chi connectivity index (χ4v) is 0.711. The number of pyridine rings is 1. The Balaban J connectivity index is 3.01. The lowest BCUT2D eigenvalue weighted by Crippen LogP contribution is -2.14. The molecule has 0 unspecified atom stereocenters. The summed E-state index contributed by atoms with van der Waals surface area (Å²) >= 11 is 5.60. The lowest BCUT2D eigenvalue weighted by atomic mass is 9.90. The van der Waals surface area contributed by atoms with Crippen LogP contribution < -0.4 is 5.46 Å². The molecule has 0 aliphatic heterocycles. The van der Waals surface area contributed by atoms with E-state index in [1.54, 1.807) is 12.3 Å². The van der Waals surface area contributed by atoms with Crippen LogP contribution in [-0.4, -0.2) is 17.5 Å². The van der Waals surface area contributed by atoms with Gasteiger partial charge in [0.25, 0.3) is 0 Å². The Morgan fingerprint density at radius 2 is 2.44 bits per heavy atom. The Kier molecular flexibility index (Phi) is 2.08. The summed E-state index contributed by atoms with van der Waals surface area (Å²) in [4.78, 5) is 3.75. The largest absolute Gasteiger partial charge is 0.449 e. The SMILES string of the molecule is OBc1ccncc1Cl. The van der Waals surface area contributed by atoms with E-state index in [-0.39, 0.29) is 7.48 Å². The smallest absolute Gasteiger partial charge is 0.306 e. The van der Waals surface area contributed by atoms with E-state index in [1.165, 1.54) is 6.20 Å². The summed E-state index contributed by atoms with van der Waals surface area (Å²) < 4.78 is 0. The third-order valence-electron chi connectivity index (χ3n) is 1.03. The molecule has 0 atom stereocenters. The van der Waals surface area contributed by atoms with Gasteiger partial charge >= 0.3 is 7.48 Å². The van der Waals surface area contributed by atoms with Crippen LogP contribution in [0.3, 0.4) is 0 Å². The van der Waals surface area contributed by atoms with Crippen LogP contribution in [0.15, 0.2) is 18.5 Å². The van der Waals surface area contributed by atoms with Crippen LogP contribution in [0.25, 0.3) is 0 Å². The number of hydrogen-bond acceptors (Lipinski definition) is 2. The number of rotatable bonds is 1. The average Bonchev–Trinajstić information content (AvgIpc) is 1.89. The summed E-state index contributed by atoms with van der Waals surface area (Å²) in [6, 6.07) is 1.68. The van der Waals surface area contributed by atoms with Gasteiger partial charge in [0, 0.05) is 12.4 Å². The molecular formula is C5H5BClNO. The highest BCUT2D eigenvalue weighted by molar-refractivity contribution is 6.52. The van der Waals surface area contributed by atoms with Crippen molar-refractivity contribution >= 4 is 24.5 Å². The van der Waals surface area contributed by atoms with Crippen LogP contribution in [-0.2, 0) is 0 Å². The van der Waals surface area contributed by atoms with Gasteiger partial charge in [-0.1, -0.05) is 11.6 Å². The van der Waals surface area contributed by atoms with Crippen LogP contribution in [0.2, 0.25) is 5.02 Å². The molecule has 1 rings (SSSR count). The predicted molar refractivity (Wildman–Crippen MR) is 38.2 cm³/mol. The van der Waals surface area contributed by atoms with Crippen molar-refractivity contribution in [3.05, 3.63) is 23.5 Å². The molecule has 0 spiro atoms. The van der Waals surface area contributed by atoms with E-state index >= 15 is 0 Å². The molecule has 0 fully saturated rings. The first-order valence-corrected chi connectivity index (χ1v) is 2.91. The van der Waals surface area contributed by atoms with E-state index in [4.69, 9.17) is 16.6 Å². The lowest BCUT2D eigenvalue weighted by molar-refractivity contribution is 0.615. The van der Waals surface area contributed by atoms with Crippen LogP contribution in [0, 0.1) is 0 Å². The highest BCUT2D eigenvalue weighted by Crippen LogP contribution is 1.98. The maximum Gasteiger partial charge on any atom is 0.306 e. The van der Waals surface area contributed by atoms with Crippen molar-refractivity contribution < 1.29 is 5.02 Å². The molecule has 1 aromatic rings. The van der Waals surface area contributed by atoms with Gasteiger partial charge in [-0.15, -0.1) is 0 Å². The summed E-state index contributed by atoms with van der Waals surface area (Å²) in [7, 11) is -0.0264. The Morgan fingerprint density at radius 1 is 1.67 bits per heavy atom. The zero-order chi connectivity index (χ0) is 6.69. The van der Waals surface area contributed by atoms with E-state index in [0.717, 1.165) is 0 Å². The second kappa shape index (κ2) is 2.85. The van der Waals surface area contributed by atoms with Crippen molar-refractivity contribution in [2.24, 2.45) is 0 Å². The first-order valence-electron chi connectivity index (χ1n) is 2.54. The Hall–Kier alpha value is -0.535. The summed E-state index contributed by atoms with van der Waals surface area (Å²) in [6.07, 6.45) is 3.10. The van der Waals surface area contributed by atoms with Crippen LogP contribution in [0.4, 0.5) is 0 Å². The third kappa shape index (κ3) is 1.43. The number of nitrogens with zero attached hydrogens (tertiary/aromatic N) is 1. The molecule has 0 aliphatic rings. The molecule has 46 valence electrons. The molecule has 1 N–H and O–H groups in total. The number of halogens is 1. The molecule has 9 heavy (non-hydrogen) atoms. The van der Waals surface area contributed by atoms with E-state index < -0.39 is 0 Å². The van der Waals surface area contributed by atoms with Gasteiger partial charge in [0.05, 0.1) is 5.02 Å². The molecule has 0 radical (unpaired) electrons. The van der Waals surface area contributed by atoms with Gasteiger partial charge in [0.15, 0.2) is 0 Å². The van der Waals surface area contributed by atoms with E-state index in [0.29, 0.717) is 10.5 Å². The van der Waals surface area contributed by atoms with Gasteiger partial charge in [-0.2, -0.15) is 0 Å². The van der Waals surface area contributed by atoms with Gasteiger partial charge in [-0.05, 0) is 11.5 Å². The molecule has 2 nitrogen and oxygen atoms in total. The van der Waals surface area contributed by atoms with Crippen molar-refractivity contribution in [1.82, 2.24) is 4.98 Å². The maximum atomic E-state index is 8.61. The van der Waals surface area contributed by atoms with E-state index in [1.807, 2.05) is 0 Å². The summed E-state index contributed by atoms with van der Waals surface area (Å²) in [5.74, 6) is 0. The quantitative estimate of drug-likeness (QED) is 0.545. The fraction of sp³-hybridized carbons (Fsp3) is 0. The fourth-order valence-electron chi connectivity index (χ4n) is 0.532. The standard InChI is InChI=1S/C5H5BClNO/c7-5-3-8-2-1-4(5)6-9/h1-3,6,9H. The van der Waals surface area contributed by atoms with Crippen LogP contribution in [0.1, 0.15) is 0 Å². The van der Waals surface area contributed by atoms with Crippen LogP contribution >= 0.6 is 11.6 Å². The molecule has 0 saturated carbocycles. The number of hydrogen-bond donors (Lipinski definition) is 1.